The number of nitrogens with zero attached hydrogens (tertiary/aromatic N) is 3. The third kappa shape index (κ3) is 5.08. The molecular formula is C26H37F3N4O. The van der Waals surface area contributed by atoms with E-state index in [2.05, 4.69) is 20.0 Å². The van der Waals surface area contributed by atoms with Crippen molar-refractivity contribution in [1.82, 2.24) is 15.1 Å². The predicted octanol–water partition coefficient (Wildman–Crippen LogP) is 3.91. The summed E-state index contributed by atoms with van der Waals surface area (Å²) in [6, 6.07) is 4.67. The van der Waals surface area contributed by atoms with Crippen LogP contribution in [0.3, 0.4) is 0 Å². The molecule has 0 spiro atoms. The maximum absolute atomic E-state index is 13.4. The first kappa shape index (κ1) is 23.9. The normalized spacial score (nSPS) is 26.9. The Morgan fingerprint density at radius 2 is 1.76 bits per heavy atom. The number of amides is 1. The van der Waals surface area contributed by atoms with Crippen molar-refractivity contribution in [3.8, 4) is 0 Å². The highest BCUT2D eigenvalue weighted by molar-refractivity contribution is 5.82. The van der Waals surface area contributed by atoms with E-state index in [1.54, 1.807) is 6.07 Å². The van der Waals surface area contributed by atoms with Crippen LogP contribution < -0.4 is 10.2 Å². The number of hydrogen-bond donors (Lipinski definition) is 1. The van der Waals surface area contributed by atoms with Crippen LogP contribution in [0.5, 0.6) is 0 Å². The molecule has 5 nitrogen and oxygen atoms in total. The zero-order valence-electron chi connectivity index (χ0n) is 20.0. The van der Waals surface area contributed by atoms with Gasteiger partial charge in [-0.3, -0.25) is 9.69 Å². The van der Waals surface area contributed by atoms with E-state index in [0.29, 0.717) is 24.6 Å². The molecule has 1 saturated carbocycles. The first-order valence-electron chi connectivity index (χ1n) is 13.1. The van der Waals surface area contributed by atoms with Crippen molar-refractivity contribution in [2.45, 2.75) is 69.6 Å². The van der Waals surface area contributed by atoms with Crippen LogP contribution in [0.4, 0.5) is 18.9 Å². The molecule has 0 radical (unpaired) electrons. The number of carbonyl (C=O) groups excluding carboxylic acids is 1. The van der Waals surface area contributed by atoms with Gasteiger partial charge in [0.2, 0.25) is 5.91 Å². The Labute approximate surface area is 200 Å². The van der Waals surface area contributed by atoms with Crippen molar-refractivity contribution in [3.05, 3.63) is 29.3 Å². The Morgan fingerprint density at radius 3 is 2.50 bits per heavy atom. The largest absolute Gasteiger partial charge is 0.416 e. The molecule has 3 aliphatic heterocycles. The number of rotatable bonds is 5. The van der Waals surface area contributed by atoms with Crippen molar-refractivity contribution in [3.63, 3.8) is 0 Å². The molecule has 1 amide bonds. The van der Waals surface area contributed by atoms with Gasteiger partial charge in [0.15, 0.2) is 0 Å². The van der Waals surface area contributed by atoms with Crippen molar-refractivity contribution in [1.29, 1.82) is 0 Å². The van der Waals surface area contributed by atoms with Crippen molar-refractivity contribution < 1.29 is 18.0 Å². The summed E-state index contributed by atoms with van der Waals surface area (Å²) >= 11 is 0. The second kappa shape index (κ2) is 10.1. The summed E-state index contributed by atoms with van der Waals surface area (Å²) in [6.45, 7) is 6.09. The van der Waals surface area contributed by atoms with Crippen molar-refractivity contribution >= 4 is 11.6 Å². The van der Waals surface area contributed by atoms with Gasteiger partial charge in [0.25, 0.3) is 0 Å². The van der Waals surface area contributed by atoms with Gasteiger partial charge in [-0.2, -0.15) is 13.2 Å². The average molecular weight is 479 g/mol. The summed E-state index contributed by atoms with van der Waals surface area (Å²) in [7, 11) is 0. The summed E-state index contributed by atoms with van der Waals surface area (Å²) in [4.78, 5) is 20.5. The summed E-state index contributed by atoms with van der Waals surface area (Å²) in [5.74, 6) is -0.344. The van der Waals surface area contributed by atoms with Crippen molar-refractivity contribution in [2.75, 3.05) is 50.7 Å². The number of anilines is 1. The first-order valence-corrected chi connectivity index (χ1v) is 13.1. The van der Waals surface area contributed by atoms with Crippen molar-refractivity contribution in [2.24, 2.45) is 5.92 Å². The fourth-order valence-electron chi connectivity index (χ4n) is 6.57. The van der Waals surface area contributed by atoms with E-state index in [-0.39, 0.29) is 17.9 Å². The van der Waals surface area contributed by atoms with Gasteiger partial charge in [-0.25, -0.2) is 0 Å². The number of piperazine rings is 1. The number of fused-ring (bicyclic) bond motifs is 3. The van der Waals surface area contributed by atoms with E-state index < -0.39 is 11.7 Å². The molecule has 2 saturated heterocycles. The van der Waals surface area contributed by atoms with E-state index >= 15 is 0 Å². The summed E-state index contributed by atoms with van der Waals surface area (Å²) in [5, 5.41) is 3.13. The Balaban J connectivity index is 1.35. The second-order valence-electron chi connectivity index (χ2n) is 10.5. The number of carbonyl (C=O) groups is 1. The minimum absolute atomic E-state index is 0.00620. The lowest BCUT2D eigenvalue weighted by Crippen LogP contribution is -2.62. The van der Waals surface area contributed by atoms with Crippen LogP contribution in [0, 0.1) is 5.92 Å². The minimum Gasteiger partial charge on any atom is -0.365 e. The Kier molecular flexibility index (Phi) is 7.07. The van der Waals surface area contributed by atoms with Crippen LogP contribution in [0.2, 0.25) is 0 Å². The van der Waals surface area contributed by atoms with E-state index in [1.165, 1.54) is 57.1 Å². The van der Waals surface area contributed by atoms with E-state index in [4.69, 9.17) is 0 Å². The highest BCUT2D eigenvalue weighted by Crippen LogP contribution is 2.40. The molecule has 1 aromatic rings. The first-order chi connectivity index (χ1) is 16.4. The standard InChI is InChI=1S/C26H37F3N4O/c27-26(28,29)20-8-9-23-19(16-20)17-22(25(34)30-10-13-31-11-4-5-12-31)24-18-32(14-15-33(23)24)21-6-2-1-3-7-21/h8-9,16,21-22,24H,1-7,10-15,17-18H2,(H,30,34). The highest BCUT2D eigenvalue weighted by Gasteiger charge is 2.43. The molecule has 3 fully saturated rings. The molecule has 1 aromatic carbocycles. The van der Waals surface area contributed by atoms with Gasteiger partial charge >= 0.3 is 6.18 Å². The molecule has 5 rings (SSSR count). The van der Waals surface area contributed by atoms with Crippen LogP contribution in [0.25, 0.3) is 0 Å². The average Bonchev–Trinajstić information content (AvgIpc) is 3.36. The van der Waals surface area contributed by atoms with Gasteiger partial charge < -0.3 is 15.1 Å². The molecule has 0 aromatic heterocycles. The van der Waals surface area contributed by atoms with Gasteiger partial charge in [-0.05, 0) is 69.0 Å². The molecule has 0 bridgehead atoms. The van der Waals surface area contributed by atoms with Gasteiger partial charge in [0, 0.05) is 44.5 Å². The Hall–Kier alpha value is -1.80. The van der Waals surface area contributed by atoms with E-state index in [0.717, 1.165) is 45.0 Å². The van der Waals surface area contributed by atoms with Crippen LogP contribution in [-0.4, -0.2) is 73.6 Å². The van der Waals surface area contributed by atoms with Crippen LogP contribution >= 0.6 is 0 Å². The number of alkyl halides is 3. The molecule has 4 aliphatic rings. The quantitative estimate of drug-likeness (QED) is 0.697. The van der Waals surface area contributed by atoms with Crippen LogP contribution in [0.1, 0.15) is 56.1 Å². The monoisotopic (exact) mass is 478 g/mol. The number of hydrogen-bond acceptors (Lipinski definition) is 4. The molecule has 188 valence electrons. The topological polar surface area (TPSA) is 38.8 Å². The molecule has 2 atom stereocenters. The second-order valence-corrected chi connectivity index (χ2v) is 10.5. The number of halogens is 3. The van der Waals surface area contributed by atoms with Gasteiger partial charge in [0.05, 0.1) is 17.5 Å². The number of benzene rings is 1. The van der Waals surface area contributed by atoms with Crippen LogP contribution in [-0.2, 0) is 17.4 Å². The molecule has 1 aliphatic carbocycles. The maximum atomic E-state index is 13.4. The highest BCUT2D eigenvalue weighted by atomic mass is 19.4. The molecule has 8 heteroatoms. The van der Waals surface area contributed by atoms with Gasteiger partial charge in [-0.15, -0.1) is 0 Å². The summed E-state index contributed by atoms with van der Waals surface area (Å²) in [6.07, 6.45) is 4.67. The van der Waals surface area contributed by atoms with Gasteiger partial charge in [0.1, 0.15) is 0 Å². The number of likely N-dealkylation sites (tertiary alicyclic amines) is 1. The predicted molar refractivity (Wildman–Crippen MR) is 127 cm³/mol. The summed E-state index contributed by atoms with van der Waals surface area (Å²) in [5.41, 5.74) is 0.901. The molecular weight excluding hydrogens is 441 g/mol. The lowest BCUT2D eigenvalue weighted by atomic mass is 9.82. The molecule has 34 heavy (non-hydrogen) atoms. The smallest absolute Gasteiger partial charge is 0.365 e. The van der Waals surface area contributed by atoms with E-state index in [1.807, 2.05) is 0 Å². The van der Waals surface area contributed by atoms with E-state index in [9.17, 15) is 18.0 Å². The number of nitrogens with one attached hydrogen (secondary N) is 1. The zero-order chi connectivity index (χ0) is 23.7. The zero-order valence-corrected chi connectivity index (χ0v) is 20.0. The maximum Gasteiger partial charge on any atom is 0.416 e. The lowest BCUT2D eigenvalue weighted by Gasteiger charge is -2.51. The third-order valence-corrected chi connectivity index (χ3v) is 8.42. The fraction of sp³-hybridized carbons (Fsp3) is 0.731. The minimum atomic E-state index is -4.38. The molecule has 1 N–H and O–H groups in total. The van der Waals surface area contributed by atoms with Gasteiger partial charge in [-0.1, -0.05) is 19.3 Å². The molecule has 3 heterocycles. The van der Waals surface area contributed by atoms with Crippen LogP contribution in [0.15, 0.2) is 18.2 Å². The SMILES string of the molecule is O=C(NCCN1CCCC1)C1Cc2cc(C(F)(F)F)ccc2N2CCN(C3CCCCC3)CC12. The Morgan fingerprint density at radius 1 is 1.00 bits per heavy atom. The summed E-state index contributed by atoms with van der Waals surface area (Å²) < 4.78 is 40.2. The Bertz CT molecular complexity index is 864. The molecule has 2 unspecified atom stereocenters. The fourth-order valence-corrected chi connectivity index (χ4v) is 6.57. The third-order valence-electron chi connectivity index (χ3n) is 8.42. The lowest BCUT2D eigenvalue weighted by molar-refractivity contribution is -0.137.